The number of hydrogen-bond donors (Lipinski definition) is 1. The molecule has 0 aliphatic rings. The molecular weight excluding hydrogens is 256 g/mol. The fourth-order valence-electron chi connectivity index (χ4n) is 2.42. The van der Waals surface area contributed by atoms with E-state index in [0.717, 1.165) is 22.8 Å². The Morgan fingerprint density at radius 3 is 2.50 bits per heavy atom. The standard InChI is InChI=1S/C17H19F2N/c1-11-4-5-12(2)15(8-11)17(20-3)10-13-9-14(18)6-7-16(13)19/h4-9,17,20H,10H2,1-3H3. The molecule has 2 rings (SSSR count). The zero-order chi connectivity index (χ0) is 14.7. The Hall–Kier alpha value is -1.74. The highest BCUT2D eigenvalue weighted by atomic mass is 19.1. The van der Waals surface area contributed by atoms with Crippen molar-refractivity contribution in [3.05, 3.63) is 70.3 Å². The Bertz CT molecular complexity index is 608. The Morgan fingerprint density at radius 2 is 1.80 bits per heavy atom. The van der Waals surface area contributed by atoms with Crippen LogP contribution < -0.4 is 5.32 Å². The Balaban J connectivity index is 2.33. The molecule has 0 heterocycles. The van der Waals surface area contributed by atoms with Crippen LogP contribution in [0.2, 0.25) is 0 Å². The minimum Gasteiger partial charge on any atom is -0.313 e. The molecule has 0 saturated heterocycles. The molecule has 1 atom stereocenters. The van der Waals surface area contributed by atoms with Gasteiger partial charge in [-0.1, -0.05) is 23.8 Å². The van der Waals surface area contributed by atoms with E-state index in [4.69, 9.17) is 0 Å². The lowest BCUT2D eigenvalue weighted by Crippen LogP contribution is -2.20. The minimum atomic E-state index is -0.405. The average molecular weight is 275 g/mol. The molecule has 0 amide bonds. The van der Waals surface area contributed by atoms with E-state index < -0.39 is 5.82 Å². The third-order valence-corrected chi connectivity index (χ3v) is 3.59. The lowest BCUT2D eigenvalue weighted by atomic mass is 9.94. The molecule has 106 valence electrons. The van der Waals surface area contributed by atoms with Gasteiger partial charge < -0.3 is 5.32 Å². The highest BCUT2D eigenvalue weighted by Gasteiger charge is 2.15. The first kappa shape index (κ1) is 14.7. The van der Waals surface area contributed by atoms with Crippen molar-refractivity contribution in [1.29, 1.82) is 0 Å². The van der Waals surface area contributed by atoms with Crippen LogP contribution in [0, 0.1) is 25.5 Å². The maximum Gasteiger partial charge on any atom is 0.126 e. The van der Waals surface area contributed by atoms with Crippen molar-refractivity contribution in [3.63, 3.8) is 0 Å². The van der Waals surface area contributed by atoms with E-state index in [1.54, 1.807) is 0 Å². The summed E-state index contributed by atoms with van der Waals surface area (Å²) in [6.07, 6.45) is 0.421. The molecule has 1 N–H and O–H groups in total. The summed E-state index contributed by atoms with van der Waals surface area (Å²) in [7, 11) is 1.84. The summed E-state index contributed by atoms with van der Waals surface area (Å²) in [5, 5.41) is 3.19. The van der Waals surface area contributed by atoms with Crippen molar-refractivity contribution >= 4 is 0 Å². The van der Waals surface area contributed by atoms with Crippen molar-refractivity contribution in [1.82, 2.24) is 5.32 Å². The van der Waals surface area contributed by atoms with E-state index in [-0.39, 0.29) is 11.9 Å². The topological polar surface area (TPSA) is 12.0 Å². The molecule has 3 heteroatoms. The van der Waals surface area contributed by atoms with Crippen molar-refractivity contribution in [2.75, 3.05) is 7.05 Å². The summed E-state index contributed by atoms with van der Waals surface area (Å²) in [4.78, 5) is 0. The fraction of sp³-hybridized carbons (Fsp3) is 0.294. The molecule has 0 bridgehead atoms. The van der Waals surface area contributed by atoms with E-state index in [9.17, 15) is 8.78 Å². The van der Waals surface area contributed by atoms with Crippen LogP contribution in [0.3, 0.4) is 0 Å². The predicted molar refractivity (Wildman–Crippen MR) is 77.8 cm³/mol. The third kappa shape index (κ3) is 3.23. The summed E-state index contributed by atoms with van der Waals surface area (Å²) in [5.41, 5.74) is 3.82. The van der Waals surface area contributed by atoms with Crippen LogP contribution in [-0.4, -0.2) is 7.05 Å². The van der Waals surface area contributed by atoms with Gasteiger partial charge in [-0.25, -0.2) is 8.78 Å². The maximum absolute atomic E-state index is 13.8. The monoisotopic (exact) mass is 275 g/mol. The second kappa shape index (κ2) is 6.14. The lowest BCUT2D eigenvalue weighted by molar-refractivity contribution is 0.542. The third-order valence-electron chi connectivity index (χ3n) is 3.59. The molecule has 2 aromatic rings. The fourth-order valence-corrected chi connectivity index (χ4v) is 2.42. The van der Waals surface area contributed by atoms with Crippen LogP contribution >= 0.6 is 0 Å². The Morgan fingerprint density at radius 1 is 1.05 bits per heavy atom. The van der Waals surface area contributed by atoms with Crippen molar-refractivity contribution in [2.45, 2.75) is 26.3 Å². The van der Waals surface area contributed by atoms with Gasteiger partial charge in [-0.05, 0) is 62.2 Å². The van der Waals surface area contributed by atoms with Crippen molar-refractivity contribution in [2.24, 2.45) is 0 Å². The molecule has 0 fully saturated rings. The smallest absolute Gasteiger partial charge is 0.126 e. The Kier molecular flexibility index (Phi) is 4.50. The molecule has 0 aromatic heterocycles. The summed E-state index contributed by atoms with van der Waals surface area (Å²) < 4.78 is 27.0. The minimum absolute atomic E-state index is 0.0359. The van der Waals surface area contributed by atoms with Crippen LogP contribution in [0.4, 0.5) is 8.78 Å². The van der Waals surface area contributed by atoms with E-state index in [1.165, 1.54) is 12.1 Å². The first-order valence-corrected chi connectivity index (χ1v) is 6.69. The first-order valence-electron chi connectivity index (χ1n) is 6.69. The largest absolute Gasteiger partial charge is 0.313 e. The number of aryl methyl sites for hydroxylation is 2. The number of likely N-dealkylation sites (N-methyl/N-ethyl adjacent to an activating group) is 1. The van der Waals surface area contributed by atoms with Crippen molar-refractivity contribution in [3.8, 4) is 0 Å². The molecule has 1 nitrogen and oxygen atoms in total. The van der Waals surface area contributed by atoms with Gasteiger partial charge >= 0.3 is 0 Å². The van der Waals surface area contributed by atoms with Gasteiger partial charge in [-0.15, -0.1) is 0 Å². The van der Waals surface area contributed by atoms with Gasteiger partial charge in [-0.3, -0.25) is 0 Å². The van der Waals surface area contributed by atoms with Crippen LogP contribution in [0.1, 0.15) is 28.3 Å². The SMILES string of the molecule is CNC(Cc1cc(F)ccc1F)c1cc(C)ccc1C. The van der Waals surface area contributed by atoms with Crippen LogP contribution in [0.5, 0.6) is 0 Å². The quantitative estimate of drug-likeness (QED) is 0.886. The zero-order valence-corrected chi connectivity index (χ0v) is 12.0. The van der Waals surface area contributed by atoms with Gasteiger partial charge in [0.25, 0.3) is 0 Å². The summed E-state index contributed by atoms with van der Waals surface area (Å²) >= 11 is 0. The Labute approximate surface area is 118 Å². The van der Waals surface area contributed by atoms with E-state index in [2.05, 4.69) is 17.4 Å². The second-order valence-corrected chi connectivity index (χ2v) is 5.14. The molecule has 0 aliphatic heterocycles. The molecule has 20 heavy (non-hydrogen) atoms. The van der Waals surface area contributed by atoms with Crippen LogP contribution in [0.15, 0.2) is 36.4 Å². The van der Waals surface area contributed by atoms with Crippen LogP contribution in [0.25, 0.3) is 0 Å². The zero-order valence-electron chi connectivity index (χ0n) is 12.0. The normalized spacial score (nSPS) is 12.4. The molecule has 1 unspecified atom stereocenters. The summed E-state index contributed by atoms with van der Waals surface area (Å²) in [6, 6.07) is 9.75. The summed E-state index contributed by atoms with van der Waals surface area (Å²) in [5.74, 6) is -0.769. The van der Waals surface area contributed by atoms with E-state index >= 15 is 0 Å². The maximum atomic E-state index is 13.8. The highest BCUT2D eigenvalue weighted by Crippen LogP contribution is 2.24. The molecule has 0 spiro atoms. The highest BCUT2D eigenvalue weighted by molar-refractivity contribution is 5.34. The number of halogens is 2. The van der Waals surface area contributed by atoms with Gasteiger partial charge in [-0.2, -0.15) is 0 Å². The van der Waals surface area contributed by atoms with E-state index in [1.807, 2.05) is 27.0 Å². The molecule has 0 radical (unpaired) electrons. The number of benzene rings is 2. The number of rotatable bonds is 4. The molecule has 0 aliphatic carbocycles. The first-order chi connectivity index (χ1) is 9.51. The molecule has 2 aromatic carbocycles. The van der Waals surface area contributed by atoms with Gasteiger partial charge in [0.15, 0.2) is 0 Å². The lowest BCUT2D eigenvalue weighted by Gasteiger charge is -2.20. The summed E-state index contributed by atoms with van der Waals surface area (Å²) in [6.45, 7) is 4.06. The molecular formula is C17H19F2N. The predicted octanol–water partition coefficient (Wildman–Crippen LogP) is 4.08. The van der Waals surface area contributed by atoms with Crippen LogP contribution in [-0.2, 0) is 6.42 Å². The van der Waals surface area contributed by atoms with Crippen molar-refractivity contribution < 1.29 is 8.78 Å². The average Bonchev–Trinajstić information content (AvgIpc) is 2.42. The second-order valence-electron chi connectivity index (χ2n) is 5.14. The van der Waals surface area contributed by atoms with Gasteiger partial charge in [0, 0.05) is 6.04 Å². The molecule has 0 saturated carbocycles. The van der Waals surface area contributed by atoms with Gasteiger partial charge in [0.2, 0.25) is 0 Å². The number of hydrogen-bond acceptors (Lipinski definition) is 1. The van der Waals surface area contributed by atoms with E-state index in [0.29, 0.717) is 12.0 Å². The van der Waals surface area contributed by atoms with Gasteiger partial charge in [0.1, 0.15) is 11.6 Å². The number of nitrogens with one attached hydrogen (secondary N) is 1. The van der Waals surface area contributed by atoms with Gasteiger partial charge in [0.05, 0.1) is 0 Å².